The number of halogens is 1. The fourth-order valence-electron chi connectivity index (χ4n) is 2.81. The van der Waals surface area contributed by atoms with Gasteiger partial charge in [0, 0.05) is 0 Å². The number of hydrogen-bond donors (Lipinski definition) is 2. The number of nitrogens with zero attached hydrogens (tertiary/aromatic N) is 2. The minimum absolute atomic E-state index is 0. The third-order valence-corrected chi connectivity index (χ3v) is 3.95. The summed E-state index contributed by atoms with van der Waals surface area (Å²) in [6, 6.07) is -2.27. The molecule has 3 aliphatic heterocycles. The molecule has 3 heterocycles. The van der Waals surface area contributed by atoms with Gasteiger partial charge in [0.05, 0.1) is 31.8 Å². The molecule has 3 aliphatic rings. The van der Waals surface area contributed by atoms with E-state index in [9.17, 15) is 18.8 Å². The zero-order valence-corrected chi connectivity index (χ0v) is 12.3. The molecule has 0 unspecified atom stereocenters. The van der Waals surface area contributed by atoms with Gasteiger partial charge >= 0.3 is 37.2 Å². The van der Waals surface area contributed by atoms with Crippen molar-refractivity contribution < 1.29 is 33.5 Å². The molecule has 2 fully saturated rings. The van der Waals surface area contributed by atoms with Crippen molar-refractivity contribution in [2.45, 2.75) is 31.4 Å². The summed E-state index contributed by atoms with van der Waals surface area (Å²) in [6.45, 7) is 2.66. The van der Waals surface area contributed by atoms with Crippen molar-refractivity contribution in [2.75, 3.05) is 19.8 Å². The molecule has 2 N–H and O–H groups in total. The Morgan fingerprint density at radius 2 is 2.17 bits per heavy atom. The summed E-state index contributed by atoms with van der Waals surface area (Å²) in [5.41, 5.74) is 0.615. The predicted octanol–water partition coefficient (Wildman–Crippen LogP) is -1.40. The summed E-state index contributed by atoms with van der Waals surface area (Å²) in [6.07, 6.45) is -1.04. The number of hydrogen-bond acceptors (Lipinski definition) is 5. The van der Waals surface area contributed by atoms with Crippen molar-refractivity contribution in [1.29, 1.82) is 0 Å². The summed E-state index contributed by atoms with van der Waals surface area (Å²) in [4.78, 5) is 41.0. The van der Waals surface area contributed by atoms with Crippen molar-refractivity contribution in [3.05, 3.63) is 11.6 Å². The maximum absolute atomic E-state index is 13.2. The number of urea groups is 1. The van der Waals surface area contributed by atoms with Gasteiger partial charge in [-0.1, -0.05) is 6.08 Å². The van der Waals surface area contributed by atoms with Gasteiger partial charge in [0.1, 0.15) is 6.04 Å². The van der Waals surface area contributed by atoms with E-state index in [1.165, 1.54) is 4.90 Å². The van der Waals surface area contributed by atoms with Crippen LogP contribution in [-0.2, 0) is 19.2 Å². The quantitative estimate of drug-likeness (QED) is 0.472. The van der Waals surface area contributed by atoms with Crippen LogP contribution in [0, 0.1) is 0 Å². The van der Waals surface area contributed by atoms with Crippen LogP contribution in [0.1, 0.15) is 6.92 Å². The fraction of sp³-hybridized carbons (Fsp3) is 0.615. The number of hydroxylamine groups is 2. The SMILES string of the molecule is CC1=C[C@@H]2CN(C(=O)N2O[C@@H](F)C(=O)O)[C@@H]1C(=O)NC1COC1.[LiH]. The van der Waals surface area contributed by atoms with E-state index in [0.717, 1.165) is 0 Å². The Labute approximate surface area is 148 Å². The summed E-state index contributed by atoms with van der Waals surface area (Å²) in [7, 11) is 0. The van der Waals surface area contributed by atoms with Crippen LogP contribution in [0.3, 0.4) is 0 Å². The number of amides is 3. The van der Waals surface area contributed by atoms with Gasteiger partial charge in [-0.05, 0) is 12.5 Å². The number of carbonyl (C=O) groups excluding carboxylic acids is 2. The van der Waals surface area contributed by atoms with Gasteiger partial charge in [-0.15, -0.1) is 0 Å². The first kappa shape index (κ1) is 18.7. The Bertz CT molecular complexity index is 584. The molecule has 3 atom stereocenters. The van der Waals surface area contributed by atoms with Crippen molar-refractivity contribution in [2.24, 2.45) is 0 Å². The molecule has 2 saturated heterocycles. The van der Waals surface area contributed by atoms with E-state index in [-0.39, 0.29) is 37.4 Å². The van der Waals surface area contributed by atoms with Crippen LogP contribution in [-0.4, -0.2) is 96.1 Å². The van der Waals surface area contributed by atoms with Crippen molar-refractivity contribution in [1.82, 2.24) is 15.3 Å². The first-order valence-corrected chi connectivity index (χ1v) is 7.08. The van der Waals surface area contributed by atoms with E-state index in [1.807, 2.05) is 0 Å². The van der Waals surface area contributed by atoms with Gasteiger partial charge in [0.25, 0.3) is 0 Å². The number of carboxylic acid groups (broad SMARTS) is 1. The van der Waals surface area contributed by atoms with Gasteiger partial charge < -0.3 is 20.1 Å². The van der Waals surface area contributed by atoms with Crippen LogP contribution in [0.2, 0.25) is 0 Å². The van der Waals surface area contributed by atoms with E-state index < -0.39 is 30.4 Å². The molecule has 0 aromatic heterocycles. The van der Waals surface area contributed by atoms with Gasteiger partial charge in [0.2, 0.25) is 5.91 Å². The van der Waals surface area contributed by atoms with Gasteiger partial charge in [-0.3, -0.25) is 4.79 Å². The molecule has 2 bridgehead atoms. The zero-order chi connectivity index (χ0) is 16.7. The molecule has 9 nitrogen and oxygen atoms in total. The summed E-state index contributed by atoms with van der Waals surface area (Å²) in [5.74, 6) is -2.18. The minimum atomic E-state index is -2.65. The van der Waals surface area contributed by atoms with Crippen LogP contribution in [0.4, 0.5) is 9.18 Å². The van der Waals surface area contributed by atoms with E-state index in [4.69, 9.17) is 9.84 Å². The van der Waals surface area contributed by atoms with Crippen LogP contribution >= 0.6 is 0 Å². The Balaban J connectivity index is 0.00000208. The topological polar surface area (TPSA) is 108 Å². The van der Waals surface area contributed by atoms with Crippen molar-refractivity contribution >= 4 is 36.8 Å². The second kappa shape index (κ2) is 7.11. The Morgan fingerprint density at radius 1 is 1.50 bits per heavy atom. The molecular weight excluding hydrogens is 320 g/mol. The van der Waals surface area contributed by atoms with Gasteiger partial charge in [-0.2, -0.15) is 5.06 Å². The van der Waals surface area contributed by atoms with Crippen molar-refractivity contribution in [3.8, 4) is 0 Å². The first-order valence-electron chi connectivity index (χ1n) is 7.08. The fourth-order valence-corrected chi connectivity index (χ4v) is 2.81. The number of carbonyl (C=O) groups is 3. The van der Waals surface area contributed by atoms with Crippen LogP contribution in [0.15, 0.2) is 11.6 Å². The van der Waals surface area contributed by atoms with Gasteiger partial charge in [-0.25, -0.2) is 18.8 Å². The molecule has 11 heteroatoms. The van der Waals surface area contributed by atoms with Gasteiger partial charge in [0.15, 0.2) is 0 Å². The molecule has 3 amide bonds. The zero-order valence-electron chi connectivity index (χ0n) is 12.3. The Hall–Kier alpha value is -1.60. The monoisotopic (exact) mass is 337 g/mol. The molecule has 0 aromatic carbocycles. The standard InChI is InChI=1S/C13H16FN3O6.Li.H/c1-6-2-8-3-16(9(6)11(18)15-7-4-22-5-7)13(21)17(8)23-10(14)12(19)20;;/h2,7-10H,3-5H2,1H3,(H,15,18)(H,19,20);;/t8-,9+,10-;;/m1../s1. The number of fused-ring (bicyclic) bond motifs is 2. The molecule has 3 rings (SSSR count). The maximum atomic E-state index is 13.2. The predicted molar refractivity (Wildman–Crippen MR) is 78.8 cm³/mol. The third-order valence-electron chi connectivity index (χ3n) is 3.95. The second-order valence-corrected chi connectivity index (χ2v) is 5.64. The molecule has 0 aliphatic carbocycles. The van der Waals surface area contributed by atoms with E-state index in [0.29, 0.717) is 23.9 Å². The third kappa shape index (κ3) is 3.28. The number of nitrogens with one attached hydrogen (secondary N) is 1. The normalized spacial score (nSPS) is 27.1. The number of ether oxygens (including phenoxy) is 1. The Kier molecular flexibility index (Phi) is 5.55. The molecule has 0 spiro atoms. The summed E-state index contributed by atoms with van der Waals surface area (Å²) < 4.78 is 18.2. The Morgan fingerprint density at radius 3 is 2.71 bits per heavy atom. The average molecular weight is 337 g/mol. The van der Waals surface area contributed by atoms with Crippen LogP contribution < -0.4 is 5.32 Å². The second-order valence-electron chi connectivity index (χ2n) is 5.64. The summed E-state index contributed by atoms with van der Waals surface area (Å²) >= 11 is 0. The number of rotatable bonds is 5. The molecule has 0 aromatic rings. The molecule has 128 valence electrons. The molecule has 0 radical (unpaired) electrons. The number of carboxylic acids is 1. The summed E-state index contributed by atoms with van der Waals surface area (Å²) in [5, 5.41) is 12.0. The van der Waals surface area contributed by atoms with Crippen LogP contribution in [0.5, 0.6) is 0 Å². The van der Waals surface area contributed by atoms with E-state index >= 15 is 0 Å². The van der Waals surface area contributed by atoms with E-state index in [1.54, 1.807) is 13.0 Å². The van der Waals surface area contributed by atoms with Crippen LogP contribution in [0.25, 0.3) is 0 Å². The molecule has 24 heavy (non-hydrogen) atoms. The number of aliphatic carboxylic acids is 1. The van der Waals surface area contributed by atoms with Crippen molar-refractivity contribution in [3.63, 3.8) is 0 Å². The van der Waals surface area contributed by atoms with E-state index in [2.05, 4.69) is 10.2 Å². The molecule has 0 saturated carbocycles. The molecular formula is C13H17FLiN3O6. The first-order chi connectivity index (χ1) is 10.9. The average Bonchev–Trinajstić information content (AvgIpc) is 2.68. The number of alkyl halides is 1.